The average molecular weight is 347 g/mol. The van der Waals surface area contributed by atoms with Crippen molar-refractivity contribution >= 4 is 11.7 Å². The van der Waals surface area contributed by atoms with Crippen molar-refractivity contribution in [3.8, 4) is 17.3 Å². The highest BCUT2D eigenvalue weighted by molar-refractivity contribution is 6.05. The van der Waals surface area contributed by atoms with Gasteiger partial charge in [0.2, 0.25) is 0 Å². The Hall–Kier alpha value is -3.48. The maximum Gasteiger partial charge on any atom is 0.260 e. The van der Waals surface area contributed by atoms with E-state index in [-0.39, 0.29) is 11.9 Å². The molecule has 1 aliphatic heterocycles. The van der Waals surface area contributed by atoms with Gasteiger partial charge in [0.25, 0.3) is 5.91 Å². The fourth-order valence-corrected chi connectivity index (χ4v) is 2.80. The number of aromatic nitrogens is 4. The van der Waals surface area contributed by atoms with E-state index in [2.05, 4.69) is 20.5 Å². The Balaban J connectivity index is 1.80. The summed E-state index contributed by atoms with van der Waals surface area (Å²) in [5.74, 6) is 1.33. The molecule has 0 unspecified atom stereocenters. The lowest BCUT2D eigenvalue weighted by molar-refractivity contribution is 0.102. The lowest BCUT2D eigenvalue weighted by Gasteiger charge is -2.14. The predicted molar refractivity (Wildman–Crippen MR) is 97.0 cm³/mol. The SMILES string of the molecule is C[C@H]1/C=C/COc2ccccc2C(=O)Nc2cccc(n2)-c2nncn21. The molecule has 1 N–H and O–H groups in total. The maximum absolute atomic E-state index is 12.6. The summed E-state index contributed by atoms with van der Waals surface area (Å²) in [4.78, 5) is 17.2. The molecular formula is C19H17N5O2. The molecule has 1 atom stereocenters. The number of hydrogen-bond acceptors (Lipinski definition) is 5. The lowest BCUT2D eigenvalue weighted by Crippen LogP contribution is -2.15. The van der Waals surface area contributed by atoms with E-state index in [0.29, 0.717) is 35.3 Å². The monoisotopic (exact) mass is 347 g/mol. The zero-order chi connectivity index (χ0) is 17.9. The third kappa shape index (κ3) is 3.06. The number of pyridine rings is 1. The summed E-state index contributed by atoms with van der Waals surface area (Å²) < 4.78 is 7.69. The summed E-state index contributed by atoms with van der Waals surface area (Å²) in [5, 5.41) is 11.0. The molecule has 26 heavy (non-hydrogen) atoms. The van der Waals surface area contributed by atoms with E-state index in [1.807, 2.05) is 41.8 Å². The molecule has 0 saturated heterocycles. The normalized spacial score (nSPS) is 17.9. The van der Waals surface area contributed by atoms with E-state index in [4.69, 9.17) is 4.74 Å². The van der Waals surface area contributed by atoms with Crippen molar-refractivity contribution in [2.45, 2.75) is 13.0 Å². The first-order valence-corrected chi connectivity index (χ1v) is 8.29. The molecule has 3 aromatic rings. The molecule has 3 heterocycles. The third-order valence-corrected chi connectivity index (χ3v) is 4.11. The highest BCUT2D eigenvalue weighted by Crippen LogP contribution is 2.23. The number of fused-ring (bicyclic) bond motifs is 5. The summed E-state index contributed by atoms with van der Waals surface area (Å²) in [6.07, 6.45) is 5.59. The third-order valence-electron chi connectivity index (χ3n) is 4.11. The zero-order valence-electron chi connectivity index (χ0n) is 14.2. The van der Waals surface area contributed by atoms with Crippen LogP contribution in [-0.4, -0.2) is 32.3 Å². The van der Waals surface area contributed by atoms with Gasteiger partial charge in [-0.2, -0.15) is 0 Å². The largest absolute Gasteiger partial charge is 0.489 e. The van der Waals surface area contributed by atoms with Gasteiger partial charge < -0.3 is 14.6 Å². The summed E-state index contributed by atoms with van der Waals surface area (Å²) in [7, 11) is 0. The minimum absolute atomic E-state index is 0.0295. The Morgan fingerprint density at radius 2 is 2.08 bits per heavy atom. The fraction of sp³-hybridized carbons (Fsp3) is 0.158. The van der Waals surface area contributed by atoms with Gasteiger partial charge >= 0.3 is 0 Å². The number of allylic oxidation sites excluding steroid dienone is 1. The van der Waals surface area contributed by atoms with Crippen LogP contribution in [0.2, 0.25) is 0 Å². The molecule has 7 heteroatoms. The van der Waals surface area contributed by atoms with Crippen molar-refractivity contribution in [3.05, 3.63) is 66.5 Å². The highest BCUT2D eigenvalue weighted by Gasteiger charge is 2.16. The average Bonchev–Trinajstić information content (AvgIpc) is 3.15. The van der Waals surface area contributed by atoms with Gasteiger partial charge in [-0.15, -0.1) is 10.2 Å². The van der Waals surface area contributed by atoms with E-state index < -0.39 is 0 Å². The topological polar surface area (TPSA) is 81.9 Å². The molecule has 1 amide bonds. The van der Waals surface area contributed by atoms with E-state index in [1.165, 1.54) is 0 Å². The standard InChI is InChI=1S/C19H17N5O2/c1-13-6-5-11-26-16-9-3-2-7-14(16)19(25)22-17-10-4-8-15(21-17)18-23-20-12-24(13)18/h2-10,12-13H,11H2,1H3,(H,21,22,25)/b6-5+/t13-/m0/s1. The smallest absolute Gasteiger partial charge is 0.260 e. The second kappa shape index (κ2) is 6.79. The number of ether oxygens (including phenoxy) is 1. The van der Waals surface area contributed by atoms with Crippen molar-refractivity contribution in [2.24, 2.45) is 0 Å². The molecule has 1 aromatic carbocycles. The first-order chi connectivity index (χ1) is 12.7. The minimum Gasteiger partial charge on any atom is -0.489 e. The number of anilines is 1. The van der Waals surface area contributed by atoms with Crippen molar-refractivity contribution in [2.75, 3.05) is 11.9 Å². The van der Waals surface area contributed by atoms with Gasteiger partial charge in [-0.05, 0) is 37.3 Å². The molecule has 2 aromatic heterocycles. The van der Waals surface area contributed by atoms with Gasteiger partial charge in [0.15, 0.2) is 5.82 Å². The quantitative estimate of drug-likeness (QED) is 0.632. The van der Waals surface area contributed by atoms with Crippen LogP contribution >= 0.6 is 0 Å². The molecule has 0 radical (unpaired) electrons. The number of hydrogen-bond donors (Lipinski definition) is 1. The second-order valence-corrected chi connectivity index (χ2v) is 5.90. The maximum atomic E-state index is 12.6. The molecule has 1 aliphatic rings. The van der Waals surface area contributed by atoms with Crippen molar-refractivity contribution < 1.29 is 9.53 Å². The Labute approximate surface area is 150 Å². The van der Waals surface area contributed by atoms with Crippen LogP contribution in [0.4, 0.5) is 5.82 Å². The van der Waals surface area contributed by atoms with Gasteiger partial charge in [-0.25, -0.2) is 4.98 Å². The predicted octanol–water partition coefficient (Wildman–Crippen LogP) is 3.10. The van der Waals surface area contributed by atoms with Gasteiger partial charge in [-0.1, -0.05) is 24.3 Å². The molecule has 0 aliphatic carbocycles. The minimum atomic E-state index is -0.277. The zero-order valence-corrected chi connectivity index (χ0v) is 14.2. The van der Waals surface area contributed by atoms with Gasteiger partial charge in [0.1, 0.15) is 30.2 Å². The number of para-hydroxylation sites is 1. The highest BCUT2D eigenvalue weighted by atomic mass is 16.5. The first-order valence-electron chi connectivity index (χ1n) is 8.29. The Morgan fingerprint density at radius 3 is 3.00 bits per heavy atom. The van der Waals surface area contributed by atoms with Crippen LogP contribution in [0.3, 0.4) is 0 Å². The summed E-state index contributed by atoms with van der Waals surface area (Å²) in [5.41, 5.74) is 1.10. The number of benzene rings is 1. The van der Waals surface area contributed by atoms with Crippen LogP contribution < -0.4 is 10.1 Å². The number of nitrogens with one attached hydrogen (secondary N) is 1. The Morgan fingerprint density at radius 1 is 1.19 bits per heavy atom. The summed E-state index contributed by atoms with van der Waals surface area (Å²) in [6, 6.07) is 12.6. The second-order valence-electron chi connectivity index (χ2n) is 5.90. The van der Waals surface area contributed by atoms with Crippen LogP contribution in [0.25, 0.3) is 11.5 Å². The molecule has 130 valence electrons. The molecule has 2 bridgehead atoms. The van der Waals surface area contributed by atoms with Crippen molar-refractivity contribution in [1.82, 2.24) is 19.7 Å². The fourth-order valence-electron chi connectivity index (χ4n) is 2.80. The van der Waals surface area contributed by atoms with Gasteiger partial charge in [-0.3, -0.25) is 4.79 Å². The first kappa shape index (κ1) is 16.0. The number of carbonyl (C=O) groups excluding carboxylic acids is 1. The van der Waals surface area contributed by atoms with Crippen LogP contribution in [0.15, 0.2) is 60.9 Å². The molecule has 0 saturated carbocycles. The van der Waals surface area contributed by atoms with Crippen molar-refractivity contribution in [1.29, 1.82) is 0 Å². The van der Waals surface area contributed by atoms with Gasteiger partial charge in [0, 0.05) is 0 Å². The van der Waals surface area contributed by atoms with Gasteiger partial charge in [0.05, 0.1) is 11.6 Å². The Kier molecular flexibility index (Phi) is 4.18. The summed E-state index contributed by atoms with van der Waals surface area (Å²) in [6.45, 7) is 2.39. The number of carbonyl (C=O) groups is 1. The Bertz CT molecular complexity index is 979. The van der Waals surface area contributed by atoms with E-state index >= 15 is 0 Å². The number of nitrogens with zero attached hydrogens (tertiary/aromatic N) is 4. The van der Waals surface area contributed by atoms with Crippen LogP contribution in [0.5, 0.6) is 5.75 Å². The van der Waals surface area contributed by atoms with Crippen LogP contribution in [0, 0.1) is 0 Å². The number of rotatable bonds is 0. The van der Waals surface area contributed by atoms with Crippen molar-refractivity contribution in [3.63, 3.8) is 0 Å². The summed E-state index contributed by atoms with van der Waals surface area (Å²) >= 11 is 0. The van der Waals surface area contributed by atoms with E-state index in [9.17, 15) is 4.79 Å². The number of amides is 1. The van der Waals surface area contributed by atoms with E-state index in [1.54, 1.807) is 30.6 Å². The van der Waals surface area contributed by atoms with E-state index in [0.717, 1.165) is 0 Å². The molecule has 0 fully saturated rings. The molecular weight excluding hydrogens is 330 g/mol. The molecule has 0 spiro atoms. The molecule has 7 nitrogen and oxygen atoms in total. The molecule has 4 rings (SSSR count). The van der Waals surface area contributed by atoms with Crippen LogP contribution in [0.1, 0.15) is 23.3 Å². The van der Waals surface area contributed by atoms with Crippen LogP contribution in [-0.2, 0) is 0 Å². The lowest BCUT2D eigenvalue weighted by atomic mass is 10.2.